The molecule has 0 bridgehead atoms. The van der Waals surface area contributed by atoms with Gasteiger partial charge in [-0.15, -0.1) is 0 Å². The molecule has 11 heteroatoms. The number of rotatable bonds is 7. The van der Waals surface area contributed by atoms with Crippen molar-refractivity contribution in [2.24, 2.45) is 10.9 Å². The van der Waals surface area contributed by atoms with Crippen LogP contribution in [-0.2, 0) is 16.6 Å². The van der Waals surface area contributed by atoms with Crippen LogP contribution in [0.5, 0.6) is 5.75 Å². The van der Waals surface area contributed by atoms with Crippen LogP contribution in [0.4, 0.5) is 13.2 Å². The molecule has 0 amide bonds. The van der Waals surface area contributed by atoms with Crippen LogP contribution in [0.2, 0.25) is 0 Å². The average Bonchev–Trinajstić information content (AvgIpc) is 3.10. The lowest BCUT2D eigenvalue weighted by Gasteiger charge is -2.18. The summed E-state index contributed by atoms with van der Waals surface area (Å²) in [5, 5.41) is 6.19. The highest BCUT2D eigenvalue weighted by molar-refractivity contribution is 7.88. The molecule has 0 saturated carbocycles. The van der Waals surface area contributed by atoms with Gasteiger partial charge in [-0.1, -0.05) is 12.1 Å². The van der Waals surface area contributed by atoms with E-state index in [1.54, 1.807) is 32.2 Å². The van der Waals surface area contributed by atoms with Gasteiger partial charge in [0.05, 0.1) is 6.26 Å². The zero-order chi connectivity index (χ0) is 21.7. The molecule has 29 heavy (non-hydrogen) atoms. The molecule has 0 aromatic heterocycles. The molecule has 0 radical (unpaired) electrons. The average molecular weight is 437 g/mol. The Hall–Kier alpha value is -2.01. The topological polar surface area (TPSA) is 83.0 Å². The smallest absolute Gasteiger partial charge is 0.422 e. The quantitative estimate of drug-likeness (QED) is 0.504. The number of aryl methyl sites for hydroxylation is 1. The summed E-state index contributed by atoms with van der Waals surface area (Å²) in [7, 11) is -1.60. The number of ether oxygens (including phenoxy) is 1. The Morgan fingerprint density at radius 3 is 2.66 bits per heavy atom. The molecule has 1 aromatic rings. The number of nitrogens with one attached hydrogen (secondary N) is 2. The number of halogens is 3. The minimum Gasteiger partial charge on any atom is -0.484 e. The van der Waals surface area contributed by atoms with Crippen LogP contribution in [0.25, 0.3) is 0 Å². The fourth-order valence-corrected chi connectivity index (χ4v) is 3.93. The van der Waals surface area contributed by atoms with E-state index < -0.39 is 22.8 Å². The summed E-state index contributed by atoms with van der Waals surface area (Å²) >= 11 is 0. The van der Waals surface area contributed by atoms with Gasteiger partial charge in [-0.25, -0.2) is 12.7 Å². The highest BCUT2D eigenvalue weighted by atomic mass is 32.2. The van der Waals surface area contributed by atoms with Gasteiger partial charge in [-0.2, -0.15) is 13.2 Å². The van der Waals surface area contributed by atoms with Crippen molar-refractivity contribution in [2.45, 2.75) is 26.1 Å². The largest absolute Gasteiger partial charge is 0.484 e. The molecule has 2 N–H and O–H groups in total. The van der Waals surface area contributed by atoms with E-state index in [0.717, 1.165) is 12.0 Å². The Balaban J connectivity index is 1.89. The summed E-state index contributed by atoms with van der Waals surface area (Å²) in [5.41, 5.74) is 1.37. The maximum Gasteiger partial charge on any atom is 0.422 e. The minimum atomic E-state index is -4.41. The van der Waals surface area contributed by atoms with Crippen LogP contribution >= 0.6 is 0 Å². The Morgan fingerprint density at radius 1 is 1.34 bits per heavy atom. The van der Waals surface area contributed by atoms with E-state index >= 15 is 0 Å². The van der Waals surface area contributed by atoms with Crippen LogP contribution in [0.15, 0.2) is 23.2 Å². The zero-order valence-corrected chi connectivity index (χ0v) is 17.5. The molecule has 2 rings (SSSR count). The van der Waals surface area contributed by atoms with Gasteiger partial charge in [0.2, 0.25) is 10.0 Å². The third kappa shape index (κ3) is 7.73. The van der Waals surface area contributed by atoms with E-state index in [-0.39, 0.29) is 18.2 Å². The van der Waals surface area contributed by atoms with Gasteiger partial charge in [0.1, 0.15) is 5.75 Å². The molecule has 1 atom stereocenters. The SMILES string of the molecule is CN=C(NCc1ccc(C)cc1OCC(F)(F)F)NCC1CCN(S(C)(=O)=O)C1. The van der Waals surface area contributed by atoms with E-state index in [1.165, 1.54) is 10.6 Å². The molecule has 0 aliphatic carbocycles. The summed E-state index contributed by atoms with van der Waals surface area (Å²) in [4.78, 5) is 4.11. The van der Waals surface area contributed by atoms with Crippen molar-refractivity contribution in [3.63, 3.8) is 0 Å². The van der Waals surface area contributed by atoms with E-state index in [9.17, 15) is 21.6 Å². The van der Waals surface area contributed by atoms with Gasteiger partial charge in [0.15, 0.2) is 12.6 Å². The normalized spacial score (nSPS) is 18.7. The molecule has 0 spiro atoms. The van der Waals surface area contributed by atoms with Gasteiger partial charge in [-0.05, 0) is 30.9 Å². The molecule has 1 saturated heterocycles. The fraction of sp³-hybridized carbons (Fsp3) is 0.611. The van der Waals surface area contributed by atoms with Gasteiger partial charge in [-0.3, -0.25) is 4.99 Å². The first-order chi connectivity index (χ1) is 13.5. The molecule has 164 valence electrons. The number of guanidine groups is 1. The number of alkyl halides is 3. The van der Waals surface area contributed by atoms with E-state index in [4.69, 9.17) is 4.74 Å². The van der Waals surface area contributed by atoms with Gasteiger partial charge < -0.3 is 15.4 Å². The Labute approximate surface area is 169 Å². The van der Waals surface area contributed by atoms with Crippen molar-refractivity contribution in [3.8, 4) is 5.75 Å². The summed E-state index contributed by atoms with van der Waals surface area (Å²) in [6.45, 7) is 2.15. The van der Waals surface area contributed by atoms with Gasteiger partial charge >= 0.3 is 6.18 Å². The number of benzene rings is 1. The summed E-state index contributed by atoms with van der Waals surface area (Å²) in [6.07, 6.45) is -2.46. The molecule has 1 aromatic carbocycles. The van der Waals surface area contributed by atoms with Crippen LogP contribution in [0.3, 0.4) is 0 Å². The lowest BCUT2D eigenvalue weighted by atomic mass is 10.1. The van der Waals surface area contributed by atoms with Crippen LogP contribution in [0, 0.1) is 12.8 Å². The van der Waals surface area contributed by atoms with Crippen molar-refractivity contribution in [1.29, 1.82) is 0 Å². The monoisotopic (exact) mass is 436 g/mol. The third-order valence-electron chi connectivity index (χ3n) is 4.56. The highest BCUT2D eigenvalue weighted by Crippen LogP contribution is 2.24. The lowest BCUT2D eigenvalue weighted by Crippen LogP contribution is -2.40. The molecule has 7 nitrogen and oxygen atoms in total. The second-order valence-electron chi connectivity index (χ2n) is 7.10. The van der Waals surface area contributed by atoms with Gasteiger partial charge in [0.25, 0.3) is 0 Å². The molecule has 1 unspecified atom stereocenters. The van der Waals surface area contributed by atoms with Crippen molar-refractivity contribution in [1.82, 2.24) is 14.9 Å². The second-order valence-corrected chi connectivity index (χ2v) is 9.08. The first kappa shape index (κ1) is 23.3. The summed E-state index contributed by atoms with van der Waals surface area (Å²) in [5.74, 6) is 0.809. The van der Waals surface area contributed by atoms with Crippen molar-refractivity contribution in [3.05, 3.63) is 29.3 Å². The number of hydrogen-bond acceptors (Lipinski definition) is 4. The first-order valence-electron chi connectivity index (χ1n) is 9.16. The van der Waals surface area contributed by atoms with Crippen molar-refractivity contribution < 1.29 is 26.3 Å². The first-order valence-corrected chi connectivity index (χ1v) is 11.0. The molecule has 1 fully saturated rings. The Bertz CT molecular complexity index is 828. The lowest BCUT2D eigenvalue weighted by molar-refractivity contribution is -0.153. The summed E-state index contributed by atoms with van der Waals surface area (Å²) in [6, 6.07) is 5.07. The van der Waals surface area contributed by atoms with Crippen LogP contribution in [-0.4, -0.2) is 64.4 Å². The van der Waals surface area contributed by atoms with E-state index in [1.807, 2.05) is 0 Å². The number of hydrogen-bond donors (Lipinski definition) is 2. The van der Waals surface area contributed by atoms with E-state index in [0.29, 0.717) is 31.2 Å². The predicted octanol–water partition coefficient (Wildman–Crippen LogP) is 1.88. The fourth-order valence-electron chi connectivity index (χ4n) is 3.01. The third-order valence-corrected chi connectivity index (χ3v) is 5.83. The molecular weight excluding hydrogens is 409 g/mol. The number of nitrogens with zero attached hydrogens (tertiary/aromatic N) is 2. The summed E-state index contributed by atoms with van der Waals surface area (Å²) < 4.78 is 67.0. The predicted molar refractivity (Wildman–Crippen MR) is 105 cm³/mol. The Morgan fingerprint density at radius 2 is 2.07 bits per heavy atom. The minimum absolute atomic E-state index is 0.160. The highest BCUT2D eigenvalue weighted by Gasteiger charge is 2.29. The zero-order valence-electron chi connectivity index (χ0n) is 16.7. The van der Waals surface area contributed by atoms with Crippen LogP contribution < -0.4 is 15.4 Å². The van der Waals surface area contributed by atoms with Gasteiger partial charge in [0, 0.05) is 38.8 Å². The molecular formula is C18H27F3N4O3S. The standard InChI is InChI=1S/C18H27F3N4O3S/c1-13-4-5-15(16(8-13)28-12-18(19,20)21)10-24-17(22-2)23-9-14-6-7-25(11-14)29(3,26)27/h4-5,8,14H,6-7,9-12H2,1-3H3,(H2,22,23,24). The van der Waals surface area contributed by atoms with Crippen LogP contribution in [0.1, 0.15) is 17.5 Å². The maximum absolute atomic E-state index is 12.5. The number of sulfonamides is 1. The maximum atomic E-state index is 12.5. The second kappa shape index (κ2) is 9.66. The van der Waals surface area contributed by atoms with Crippen molar-refractivity contribution in [2.75, 3.05) is 39.5 Å². The molecule has 1 aliphatic heterocycles. The molecule has 1 heterocycles. The van der Waals surface area contributed by atoms with Crippen molar-refractivity contribution >= 4 is 16.0 Å². The van der Waals surface area contributed by atoms with E-state index in [2.05, 4.69) is 15.6 Å². The molecule has 1 aliphatic rings. The number of aliphatic imine (C=N–C) groups is 1. The Kier molecular flexibility index (Phi) is 7.75.